The Bertz CT molecular complexity index is 394. The summed E-state index contributed by atoms with van der Waals surface area (Å²) >= 11 is 1.52. The van der Waals surface area contributed by atoms with Gasteiger partial charge in [0.2, 0.25) is 0 Å². The van der Waals surface area contributed by atoms with E-state index in [1.54, 1.807) is 0 Å². The van der Waals surface area contributed by atoms with Gasteiger partial charge in [-0.1, -0.05) is 19.8 Å². The lowest BCUT2D eigenvalue weighted by Gasteiger charge is -2.28. The summed E-state index contributed by atoms with van der Waals surface area (Å²) in [7, 11) is 0. The van der Waals surface area contributed by atoms with Crippen LogP contribution in [0.3, 0.4) is 0 Å². The number of hydrogen-bond donors (Lipinski definition) is 2. The van der Waals surface area contributed by atoms with Crippen molar-refractivity contribution >= 4 is 17.2 Å². The van der Waals surface area contributed by atoms with Crippen molar-refractivity contribution in [1.29, 1.82) is 0 Å². The van der Waals surface area contributed by atoms with E-state index in [0.29, 0.717) is 6.54 Å². The summed E-state index contributed by atoms with van der Waals surface area (Å²) in [5.41, 5.74) is 6.82. The number of thiophene rings is 1. The minimum atomic E-state index is -0.147. The predicted octanol–water partition coefficient (Wildman–Crippen LogP) is 2.31. The standard InChI is InChI=1S/C13H20N2OS/c1-2-10-5-8-17-11(10)12(16)15-13(9-14)6-3-4-7-13/h5,8H,2-4,6-7,9,14H2,1H3,(H,15,16). The molecule has 1 amide bonds. The molecule has 4 heteroatoms. The molecule has 1 aromatic heterocycles. The molecule has 1 saturated carbocycles. The van der Waals surface area contributed by atoms with Crippen molar-refractivity contribution in [3.63, 3.8) is 0 Å². The van der Waals surface area contributed by atoms with Gasteiger partial charge in [-0.25, -0.2) is 0 Å². The molecule has 0 bridgehead atoms. The molecule has 3 nitrogen and oxygen atoms in total. The van der Waals surface area contributed by atoms with Gasteiger partial charge in [0.05, 0.1) is 10.4 Å². The lowest BCUT2D eigenvalue weighted by atomic mass is 9.97. The lowest BCUT2D eigenvalue weighted by Crippen LogP contribution is -2.51. The highest BCUT2D eigenvalue weighted by Crippen LogP contribution is 2.29. The summed E-state index contributed by atoms with van der Waals surface area (Å²) in [6.07, 6.45) is 5.27. The zero-order valence-electron chi connectivity index (χ0n) is 10.3. The van der Waals surface area contributed by atoms with Crippen molar-refractivity contribution in [2.75, 3.05) is 6.54 Å². The fraction of sp³-hybridized carbons (Fsp3) is 0.615. The first kappa shape index (κ1) is 12.6. The van der Waals surface area contributed by atoms with Crippen LogP contribution in [0.2, 0.25) is 0 Å². The lowest BCUT2D eigenvalue weighted by molar-refractivity contribution is 0.0906. The molecule has 3 N–H and O–H groups in total. The molecule has 0 radical (unpaired) electrons. The Morgan fingerprint density at radius 1 is 1.53 bits per heavy atom. The van der Waals surface area contributed by atoms with E-state index in [4.69, 9.17) is 5.73 Å². The van der Waals surface area contributed by atoms with Crippen molar-refractivity contribution in [2.45, 2.75) is 44.6 Å². The van der Waals surface area contributed by atoms with Crippen LogP contribution in [0.5, 0.6) is 0 Å². The Kier molecular flexibility index (Phi) is 3.84. The molecule has 0 aromatic carbocycles. The smallest absolute Gasteiger partial charge is 0.262 e. The van der Waals surface area contributed by atoms with Crippen LogP contribution >= 0.6 is 11.3 Å². The van der Waals surface area contributed by atoms with Crippen LogP contribution in [0.1, 0.15) is 47.8 Å². The van der Waals surface area contributed by atoms with Crippen molar-refractivity contribution in [2.24, 2.45) is 5.73 Å². The van der Waals surface area contributed by atoms with Crippen LogP contribution in [0.15, 0.2) is 11.4 Å². The molecule has 17 heavy (non-hydrogen) atoms. The summed E-state index contributed by atoms with van der Waals surface area (Å²) in [6.45, 7) is 2.62. The van der Waals surface area contributed by atoms with Crippen LogP contribution in [0.4, 0.5) is 0 Å². The summed E-state index contributed by atoms with van der Waals surface area (Å²) in [6, 6.07) is 2.03. The van der Waals surface area contributed by atoms with Crippen LogP contribution in [-0.2, 0) is 6.42 Å². The van der Waals surface area contributed by atoms with E-state index in [9.17, 15) is 4.79 Å². The van der Waals surface area contributed by atoms with E-state index in [1.807, 2.05) is 11.4 Å². The van der Waals surface area contributed by atoms with Crippen LogP contribution < -0.4 is 11.1 Å². The third kappa shape index (κ3) is 2.53. The molecule has 1 aromatic rings. The topological polar surface area (TPSA) is 55.1 Å². The summed E-state index contributed by atoms with van der Waals surface area (Å²) in [5, 5.41) is 5.15. The molecule has 94 valence electrons. The molecular weight excluding hydrogens is 232 g/mol. The summed E-state index contributed by atoms with van der Waals surface area (Å²) in [4.78, 5) is 13.1. The van der Waals surface area contributed by atoms with Crippen molar-refractivity contribution < 1.29 is 4.79 Å². The highest BCUT2D eigenvalue weighted by Gasteiger charge is 2.34. The minimum absolute atomic E-state index is 0.0594. The van der Waals surface area contributed by atoms with E-state index in [0.717, 1.165) is 29.7 Å². The maximum Gasteiger partial charge on any atom is 0.262 e. The molecule has 2 rings (SSSR count). The Morgan fingerprint density at radius 3 is 2.82 bits per heavy atom. The second-order valence-corrected chi connectivity index (χ2v) is 5.69. The average molecular weight is 252 g/mol. The molecular formula is C13H20N2OS. The highest BCUT2D eigenvalue weighted by molar-refractivity contribution is 7.12. The highest BCUT2D eigenvalue weighted by atomic mass is 32.1. The first-order chi connectivity index (χ1) is 8.21. The van der Waals surface area contributed by atoms with Gasteiger partial charge < -0.3 is 11.1 Å². The van der Waals surface area contributed by atoms with E-state index < -0.39 is 0 Å². The maximum atomic E-state index is 12.2. The van der Waals surface area contributed by atoms with Crippen molar-refractivity contribution in [3.05, 3.63) is 21.9 Å². The number of carbonyl (C=O) groups is 1. The fourth-order valence-corrected chi connectivity index (χ4v) is 3.43. The number of carbonyl (C=O) groups excluding carboxylic acids is 1. The molecule has 1 fully saturated rings. The van der Waals surface area contributed by atoms with Gasteiger partial charge in [0, 0.05) is 6.54 Å². The minimum Gasteiger partial charge on any atom is -0.345 e. The third-order valence-corrected chi connectivity index (χ3v) is 4.62. The largest absolute Gasteiger partial charge is 0.345 e. The molecule has 0 spiro atoms. The monoisotopic (exact) mass is 252 g/mol. The molecule has 0 unspecified atom stereocenters. The fourth-order valence-electron chi connectivity index (χ4n) is 2.54. The predicted molar refractivity (Wildman–Crippen MR) is 71.4 cm³/mol. The van der Waals surface area contributed by atoms with Crippen LogP contribution in [-0.4, -0.2) is 18.0 Å². The second-order valence-electron chi connectivity index (χ2n) is 4.77. The van der Waals surface area contributed by atoms with Gasteiger partial charge in [0.25, 0.3) is 5.91 Å². The van der Waals surface area contributed by atoms with Gasteiger partial charge in [-0.2, -0.15) is 0 Å². The van der Waals surface area contributed by atoms with Gasteiger partial charge in [-0.05, 0) is 36.3 Å². The van der Waals surface area contributed by atoms with Crippen molar-refractivity contribution in [3.8, 4) is 0 Å². The Labute approximate surface area is 106 Å². The third-order valence-electron chi connectivity index (χ3n) is 3.66. The quantitative estimate of drug-likeness (QED) is 0.864. The van der Waals surface area contributed by atoms with E-state index >= 15 is 0 Å². The van der Waals surface area contributed by atoms with Crippen molar-refractivity contribution in [1.82, 2.24) is 5.32 Å². The van der Waals surface area contributed by atoms with Crippen LogP contribution in [0, 0.1) is 0 Å². The zero-order chi connectivity index (χ0) is 12.3. The van der Waals surface area contributed by atoms with E-state index in [-0.39, 0.29) is 11.4 Å². The van der Waals surface area contributed by atoms with Gasteiger partial charge in [-0.3, -0.25) is 4.79 Å². The number of amides is 1. The number of aryl methyl sites for hydroxylation is 1. The maximum absolute atomic E-state index is 12.2. The number of nitrogens with one attached hydrogen (secondary N) is 1. The summed E-state index contributed by atoms with van der Waals surface area (Å²) < 4.78 is 0. The Hall–Kier alpha value is -0.870. The average Bonchev–Trinajstić information content (AvgIpc) is 2.97. The number of hydrogen-bond acceptors (Lipinski definition) is 3. The van der Waals surface area contributed by atoms with Gasteiger partial charge in [0.15, 0.2) is 0 Å². The molecule has 1 heterocycles. The van der Waals surface area contributed by atoms with E-state index in [1.165, 1.54) is 24.2 Å². The first-order valence-corrected chi connectivity index (χ1v) is 7.18. The molecule has 1 aliphatic rings. The van der Waals surface area contributed by atoms with Gasteiger partial charge in [-0.15, -0.1) is 11.3 Å². The second kappa shape index (κ2) is 5.19. The Morgan fingerprint density at radius 2 is 2.24 bits per heavy atom. The van der Waals surface area contributed by atoms with Gasteiger partial charge >= 0.3 is 0 Å². The normalized spacial score (nSPS) is 18.2. The molecule has 0 saturated heterocycles. The summed E-state index contributed by atoms with van der Waals surface area (Å²) in [5.74, 6) is 0.0594. The Balaban J connectivity index is 2.11. The molecule has 1 aliphatic carbocycles. The molecule has 0 aliphatic heterocycles. The number of nitrogens with two attached hydrogens (primary N) is 1. The van der Waals surface area contributed by atoms with Crippen LogP contribution in [0.25, 0.3) is 0 Å². The van der Waals surface area contributed by atoms with E-state index in [2.05, 4.69) is 12.2 Å². The first-order valence-electron chi connectivity index (χ1n) is 6.30. The number of rotatable bonds is 4. The van der Waals surface area contributed by atoms with Gasteiger partial charge in [0.1, 0.15) is 0 Å². The SMILES string of the molecule is CCc1ccsc1C(=O)NC1(CN)CCCC1. The zero-order valence-corrected chi connectivity index (χ0v) is 11.1. The molecule has 0 atom stereocenters.